The zero-order valence-electron chi connectivity index (χ0n) is 25.6. The smallest absolute Gasteiger partial charge is 0.145 e. The lowest BCUT2D eigenvalue weighted by molar-refractivity contribution is 0.278. The Morgan fingerprint density at radius 3 is 2.77 bits per heavy atom. The standard InChI is InChI=1S/C33H42ClN7OS/c1-6-16-42-26-17-27(34)43-31(26)29(23-12-13-23)39-25-10-9-15-41(19-25)30(22(5)7-2)28-32(36)37-20-38-33(28)40-24(8-3)14-11-21(4)18-35/h8,11,14,17,20,25,39H,3,6-7,9-10,12-13,15-16,19H2,1-2,4-5H3,(H3,36,37,38,40)/b21-11+,24-14+,30-22?. The number of halogens is 1. The molecular formula is C33H42ClN7OS. The van der Waals surface area contributed by atoms with E-state index in [9.17, 15) is 0 Å². The van der Waals surface area contributed by atoms with Crippen molar-refractivity contribution in [2.24, 2.45) is 0 Å². The summed E-state index contributed by atoms with van der Waals surface area (Å²) < 4.78 is 6.83. The number of piperidine rings is 1. The largest absolute Gasteiger partial charge is 0.492 e. The summed E-state index contributed by atoms with van der Waals surface area (Å²) in [5.74, 6) is 1.88. The van der Waals surface area contributed by atoms with Gasteiger partial charge in [-0.15, -0.1) is 11.3 Å². The van der Waals surface area contributed by atoms with E-state index < -0.39 is 0 Å². The number of nitrogens with zero attached hydrogens (tertiary/aromatic N) is 4. The Morgan fingerprint density at radius 2 is 2.09 bits per heavy atom. The molecule has 1 unspecified atom stereocenters. The molecule has 8 nitrogen and oxygen atoms in total. The van der Waals surface area contributed by atoms with E-state index in [1.807, 2.05) is 12.1 Å². The van der Waals surface area contributed by atoms with E-state index in [1.54, 1.807) is 30.4 Å². The van der Waals surface area contributed by atoms with E-state index in [1.165, 1.54) is 23.2 Å². The summed E-state index contributed by atoms with van der Waals surface area (Å²) in [6, 6.07) is 4.30. The fourth-order valence-corrected chi connectivity index (χ4v) is 6.28. The van der Waals surface area contributed by atoms with Gasteiger partial charge >= 0.3 is 0 Å². The van der Waals surface area contributed by atoms with E-state index in [0.717, 1.165) is 77.8 Å². The predicted molar refractivity (Wildman–Crippen MR) is 180 cm³/mol. The van der Waals surface area contributed by atoms with Gasteiger partial charge < -0.3 is 26.0 Å². The SMILES string of the molecule is C=C/C(=C\C=C(/C)C#N)Nc1ncnc(N)c1C(=C(C)CC)N1CCCC(NC(=C2CC2)c2sc(Cl)cc2OCCC)C1. The first-order valence-electron chi connectivity index (χ1n) is 14.9. The highest BCUT2D eigenvalue weighted by Crippen LogP contribution is 2.44. The Kier molecular flexibility index (Phi) is 11.3. The van der Waals surface area contributed by atoms with Gasteiger partial charge in [0, 0.05) is 36.5 Å². The molecule has 3 heterocycles. The Bertz CT molecular complexity index is 1490. The van der Waals surface area contributed by atoms with Crippen LogP contribution in [0.3, 0.4) is 0 Å². The summed E-state index contributed by atoms with van der Waals surface area (Å²) in [6.07, 6.45) is 12.8. The molecule has 1 aliphatic carbocycles. The number of allylic oxidation sites excluding steroid dienone is 6. The van der Waals surface area contributed by atoms with Crippen molar-refractivity contribution in [3.05, 3.63) is 74.4 Å². The van der Waals surface area contributed by atoms with Gasteiger partial charge in [-0.25, -0.2) is 9.97 Å². The molecule has 228 valence electrons. The van der Waals surface area contributed by atoms with Crippen LogP contribution in [0.25, 0.3) is 11.4 Å². The highest BCUT2D eigenvalue weighted by atomic mass is 35.5. The molecule has 1 atom stereocenters. The molecule has 2 aromatic rings. The number of hydrogen-bond donors (Lipinski definition) is 3. The van der Waals surface area contributed by atoms with Crippen LogP contribution in [0, 0.1) is 11.3 Å². The number of ether oxygens (including phenoxy) is 1. The van der Waals surface area contributed by atoms with Gasteiger partial charge in [0.05, 0.1) is 38.8 Å². The molecule has 0 bridgehead atoms. The molecule has 2 aromatic heterocycles. The van der Waals surface area contributed by atoms with E-state index in [0.29, 0.717) is 29.5 Å². The molecule has 0 aromatic carbocycles. The second kappa shape index (κ2) is 15.1. The first kappa shape index (κ1) is 32.2. The molecule has 1 saturated heterocycles. The van der Waals surface area contributed by atoms with Crippen molar-refractivity contribution in [3.63, 3.8) is 0 Å². The van der Waals surface area contributed by atoms with Crippen molar-refractivity contribution < 1.29 is 4.74 Å². The van der Waals surface area contributed by atoms with Crippen LogP contribution < -0.4 is 21.1 Å². The zero-order chi connectivity index (χ0) is 30.9. The van der Waals surface area contributed by atoms with Crippen molar-refractivity contribution >= 4 is 46.0 Å². The van der Waals surface area contributed by atoms with Crippen molar-refractivity contribution in [1.29, 1.82) is 5.26 Å². The van der Waals surface area contributed by atoms with Gasteiger partial charge in [0.1, 0.15) is 23.7 Å². The minimum Gasteiger partial charge on any atom is -0.492 e. The van der Waals surface area contributed by atoms with Gasteiger partial charge in [-0.1, -0.05) is 32.0 Å². The first-order valence-corrected chi connectivity index (χ1v) is 16.1. The third-order valence-electron chi connectivity index (χ3n) is 7.52. The fraction of sp³-hybridized carbons (Fsp3) is 0.424. The van der Waals surface area contributed by atoms with Crippen LogP contribution in [-0.2, 0) is 0 Å². The molecule has 1 saturated carbocycles. The van der Waals surface area contributed by atoms with Crippen LogP contribution in [0.4, 0.5) is 11.6 Å². The van der Waals surface area contributed by atoms with Gasteiger partial charge in [0.2, 0.25) is 0 Å². The minimum absolute atomic E-state index is 0.224. The fourth-order valence-electron chi connectivity index (χ4n) is 5.07. The molecule has 10 heteroatoms. The maximum Gasteiger partial charge on any atom is 0.145 e. The summed E-state index contributed by atoms with van der Waals surface area (Å²) in [6.45, 7) is 14.5. The maximum atomic E-state index is 9.16. The second-order valence-corrected chi connectivity index (χ2v) is 12.6. The number of nitriles is 1. The highest BCUT2D eigenvalue weighted by molar-refractivity contribution is 7.17. The summed E-state index contributed by atoms with van der Waals surface area (Å²) >= 11 is 8.06. The van der Waals surface area contributed by atoms with Crippen LogP contribution in [0.15, 0.2) is 59.6 Å². The number of nitrogens with two attached hydrogens (primary N) is 1. The monoisotopic (exact) mass is 619 g/mol. The van der Waals surface area contributed by atoms with Gasteiger partial charge in [0.25, 0.3) is 0 Å². The molecular weight excluding hydrogens is 578 g/mol. The summed E-state index contributed by atoms with van der Waals surface area (Å²) in [7, 11) is 0. The van der Waals surface area contributed by atoms with Gasteiger partial charge in [-0.3, -0.25) is 0 Å². The van der Waals surface area contributed by atoms with E-state index >= 15 is 0 Å². The molecule has 0 spiro atoms. The van der Waals surface area contributed by atoms with Crippen LogP contribution in [-0.4, -0.2) is 40.6 Å². The molecule has 1 aliphatic heterocycles. The lowest BCUT2D eigenvalue weighted by atomic mass is 9.99. The van der Waals surface area contributed by atoms with Crippen LogP contribution >= 0.6 is 22.9 Å². The zero-order valence-corrected chi connectivity index (χ0v) is 27.2. The Hall–Kier alpha value is -3.74. The number of nitrogen functional groups attached to an aromatic ring is 1. The van der Waals surface area contributed by atoms with Crippen LogP contribution in [0.5, 0.6) is 5.75 Å². The Morgan fingerprint density at radius 1 is 1.30 bits per heavy atom. The number of anilines is 2. The molecule has 0 radical (unpaired) electrons. The van der Waals surface area contributed by atoms with Crippen molar-refractivity contribution in [1.82, 2.24) is 20.2 Å². The lowest BCUT2D eigenvalue weighted by Gasteiger charge is -2.38. The number of rotatable bonds is 13. The molecule has 43 heavy (non-hydrogen) atoms. The lowest BCUT2D eigenvalue weighted by Crippen LogP contribution is -2.44. The average molecular weight is 620 g/mol. The number of aromatic nitrogens is 2. The van der Waals surface area contributed by atoms with Crippen molar-refractivity contribution in [2.45, 2.75) is 72.3 Å². The van der Waals surface area contributed by atoms with E-state index in [-0.39, 0.29) is 6.04 Å². The third-order valence-corrected chi connectivity index (χ3v) is 8.78. The number of thiophene rings is 1. The molecule has 4 rings (SSSR count). The topological polar surface area (TPSA) is 112 Å². The second-order valence-electron chi connectivity index (χ2n) is 10.9. The number of likely N-dealkylation sites (tertiary alicyclic amines) is 1. The molecule has 4 N–H and O–H groups in total. The first-order chi connectivity index (χ1) is 20.8. The molecule has 2 fully saturated rings. The highest BCUT2D eigenvalue weighted by Gasteiger charge is 2.30. The van der Waals surface area contributed by atoms with Crippen molar-refractivity contribution in [2.75, 3.05) is 30.7 Å². The number of nitrogens with one attached hydrogen (secondary N) is 2. The van der Waals surface area contributed by atoms with Gasteiger partial charge in [-0.2, -0.15) is 5.26 Å². The predicted octanol–water partition coefficient (Wildman–Crippen LogP) is 7.91. The molecule has 2 aliphatic rings. The third kappa shape index (κ3) is 8.21. The Labute approximate surface area is 264 Å². The van der Waals surface area contributed by atoms with E-state index in [4.69, 9.17) is 27.3 Å². The minimum atomic E-state index is 0.224. The number of hydrogen-bond acceptors (Lipinski definition) is 9. The quantitative estimate of drug-likeness (QED) is 0.153. The average Bonchev–Trinajstić information content (AvgIpc) is 3.79. The van der Waals surface area contributed by atoms with E-state index in [2.05, 4.69) is 58.9 Å². The maximum absolute atomic E-state index is 9.16. The van der Waals surface area contributed by atoms with Crippen LogP contribution in [0.2, 0.25) is 4.34 Å². The van der Waals surface area contributed by atoms with Crippen LogP contribution in [0.1, 0.15) is 76.7 Å². The molecule has 0 amide bonds. The summed E-state index contributed by atoms with van der Waals surface area (Å²) in [5, 5.41) is 16.5. The summed E-state index contributed by atoms with van der Waals surface area (Å²) in [4.78, 5) is 12.5. The van der Waals surface area contributed by atoms with Gasteiger partial charge in [0.15, 0.2) is 0 Å². The Balaban J connectivity index is 1.65. The summed E-state index contributed by atoms with van der Waals surface area (Å²) in [5.41, 5.74) is 13.5. The van der Waals surface area contributed by atoms with Gasteiger partial charge in [-0.05, 0) is 81.7 Å². The normalized spacial score (nSPS) is 17.6. The van der Waals surface area contributed by atoms with Crippen molar-refractivity contribution in [3.8, 4) is 11.8 Å².